The summed E-state index contributed by atoms with van der Waals surface area (Å²) < 4.78 is 33.5. The van der Waals surface area contributed by atoms with Gasteiger partial charge in [-0.25, -0.2) is 8.42 Å². The van der Waals surface area contributed by atoms with Crippen LogP contribution in [0.25, 0.3) is 0 Å². The first kappa shape index (κ1) is 24.2. The number of hydrogen-bond acceptors (Lipinski definition) is 5. The van der Waals surface area contributed by atoms with Gasteiger partial charge in [0.15, 0.2) is 6.10 Å². The molecule has 1 saturated heterocycles. The number of ether oxygens (including phenoxy) is 1. The summed E-state index contributed by atoms with van der Waals surface area (Å²) in [6, 6.07) is 12.3. The smallest absolute Gasteiger partial charge is 0.265 e. The van der Waals surface area contributed by atoms with Crippen molar-refractivity contribution in [3.05, 3.63) is 48.0 Å². The van der Waals surface area contributed by atoms with Gasteiger partial charge in [0.2, 0.25) is 15.9 Å². The van der Waals surface area contributed by atoms with Crippen LogP contribution in [-0.4, -0.2) is 43.7 Å². The molecule has 9 heteroatoms. The van der Waals surface area contributed by atoms with Gasteiger partial charge >= 0.3 is 0 Å². The maximum absolute atomic E-state index is 13.2. The van der Waals surface area contributed by atoms with E-state index in [1.165, 1.54) is 22.0 Å². The van der Waals surface area contributed by atoms with Gasteiger partial charge in [0.1, 0.15) is 5.75 Å². The van der Waals surface area contributed by atoms with E-state index in [1.807, 2.05) is 31.2 Å². The van der Waals surface area contributed by atoms with Crippen molar-refractivity contribution < 1.29 is 22.7 Å². The quantitative estimate of drug-likeness (QED) is 0.644. The van der Waals surface area contributed by atoms with E-state index in [9.17, 15) is 18.0 Å². The number of sulfonamides is 1. The molecule has 0 aliphatic carbocycles. The number of rotatable bonds is 6. The first-order chi connectivity index (χ1) is 16.2. The highest BCUT2D eigenvalue weighted by atomic mass is 32.2. The van der Waals surface area contributed by atoms with Crippen LogP contribution >= 0.6 is 0 Å². The third-order valence-corrected chi connectivity index (χ3v) is 8.34. The van der Waals surface area contributed by atoms with Gasteiger partial charge in [0.05, 0.1) is 10.6 Å². The molecule has 0 radical (unpaired) electrons. The summed E-state index contributed by atoms with van der Waals surface area (Å²) in [5.74, 6) is 0.257. The lowest BCUT2D eigenvalue weighted by molar-refractivity contribution is -0.123. The van der Waals surface area contributed by atoms with Crippen LogP contribution in [0.5, 0.6) is 5.75 Å². The van der Waals surface area contributed by atoms with Crippen molar-refractivity contribution in [2.75, 3.05) is 23.7 Å². The molecule has 0 saturated carbocycles. The van der Waals surface area contributed by atoms with E-state index >= 15 is 0 Å². The Kier molecular flexibility index (Phi) is 6.95. The minimum absolute atomic E-state index is 0.0894. The maximum atomic E-state index is 13.2. The molecule has 1 fully saturated rings. The molecule has 34 heavy (non-hydrogen) atoms. The normalized spacial score (nSPS) is 19.3. The highest BCUT2D eigenvalue weighted by Crippen LogP contribution is 2.34. The van der Waals surface area contributed by atoms with Crippen molar-refractivity contribution in [2.45, 2.75) is 57.0 Å². The fourth-order valence-corrected chi connectivity index (χ4v) is 5.76. The monoisotopic (exact) mass is 485 g/mol. The Labute approximate surface area is 200 Å². The SMILES string of the molecule is CC[C@@H]1Oc2ccc(S(=O)(=O)N3CCC(C(=O)Nc4ccc(C(C)C)cc4)CC3)cc2NC1=O. The van der Waals surface area contributed by atoms with E-state index in [-0.39, 0.29) is 35.7 Å². The first-order valence-corrected chi connectivity index (χ1v) is 13.2. The second-order valence-electron chi connectivity index (χ2n) is 9.11. The molecule has 1 atom stereocenters. The minimum Gasteiger partial charge on any atom is -0.478 e. The number of benzene rings is 2. The van der Waals surface area contributed by atoms with Crippen LogP contribution in [0.1, 0.15) is 51.5 Å². The van der Waals surface area contributed by atoms with Crippen molar-refractivity contribution in [2.24, 2.45) is 5.92 Å². The zero-order valence-corrected chi connectivity index (χ0v) is 20.5. The zero-order valence-electron chi connectivity index (χ0n) is 19.7. The lowest BCUT2D eigenvalue weighted by Gasteiger charge is -2.31. The highest BCUT2D eigenvalue weighted by molar-refractivity contribution is 7.89. The van der Waals surface area contributed by atoms with Crippen LogP contribution in [0.4, 0.5) is 11.4 Å². The Balaban J connectivity index is 1.38. The predicted molar refractivity (Wildman–Crippen MR) is 130 cm³/mol. The summed E-state index contributed by atoms with van der Waals surface area (Å²) >= 11 is 0. The molecular weight excluding hydrogens is 454 g/mol. The second kappa shape index (κ2) is 9.76. The van der Waals surface area contributed by atoms with E-state index in [4.69, 9.17) is 4.74 Å². The molecule has 0 bridgehead atoms. The summed E-state index contributed by atoms with van der Waals surface area (Å²) in [6.07, 6.45) is 0.834. The number of carbonyl (C=O) groups excluding carboxylic acids is 2. The van der Waals surface area contributed by atoms with E-state index in [1.54, 1.807) is 6.07 Å². The molecule has 2 aliphatic heterocycles. The number of anilines is 2. The number of fused-ring (bicyclic) bond motifs is 1. The lowest BCUT2D eigenvalue weighted by atomic mass is 9.97. The second-order valence-corrected chi connectivity index (χ2v) is 11.0. The Bertz CT molecular complexity index is 1170. The number of piperidine rings is 1. The molecular formula is C25H31N3O5S. The average Bonchev–Trinajstić information content (AvgIpc) is 2.83. The number of hydrogen-bond donors (Lipinski definition) is 2. The Morgan fingerprint density at radius 3 is 2.44 bits per heavy atom. The van der Waals surface area contributed by atoms with Crippen LogP contribution in [0.3, 0.4) is 0 Å². The maximum Gasteiger partial charge on any atom is 0.265 e. The van der Waals surface area contributed by atoms with Crippen LogP contribution in [-0.2, 0) is 19.6 Å². The molecule has 0 spiro atoms. The van der Waals surface area contributed by atoms with E-state index in [0.717, 1.165) is 5.69 Å². The zero-order chi connectivity index (χ0) is 24.5. The summed E-state index contributed by atoms with van der Waals surface area (Å²) in [5, 5.41) is 5.68. The van der Waals surface area contributed by atoms with E-state index < -0.39 is 16.1 Å². The molecule has 2 amide bonds. The van der Waals surface area contributed by atoms with Crippen LogP contribution < -0.4 is 15.4 Å². The van der Waals surface area contributed by atoms with Gasteiger partial charge in [-0.1, -0.05) is 32.9 Å². The van der Waals surface area contributed by atoms with E-state index in [2.05, 4.69) is 24.5 Å². The Morgan fingerprint density at radius 2 is 1.82 bits per heavy atom. The van der Waals surface area contributed by atoms with Crippen molar-refractivity contribution >= 4 is 33.2 Å². The summed E-state index contributed by atoms with van der Waals surface area (Å²) in [7, 11) is -3.76. The molecule has 0 unspecified atom stereocenters. The van der Waals surface area contributed by atoms with Crippen molar-refractivity contribution in [3.8, 4) is 5.75 Å². The fourth-order valence-electron chi connectivity index (χ4n) is 4.26. The highest BCUT2D eigenvalue weighted by Gasteiger charge is 2.34. The van der Waals surface area contributed by atoms with E-state index in [0.29, 0.717) is 36.6 Å². The van der Waals surface area contributed by atoms with Crippen molar-refractivity contribution in [3.63, 3.8) is 0 Å². The third-order valence-electron chi connectivity index (χ3n) is 6.45. The summed E-state index contributed by atoms with van der Waals surface area (Å²) in [6.45, 7) is 6.59. The van der Waals surface area contributed by atoms with Gasteiger partial charge in [-0.05, 0) is 61.1 Å². The molecule has 2 heterocycles. The topological polar surface area (TPSA) is 105 Å². The molecule has 2 aromatic rings. The van der Waals surface area contributed by atoms with Crippen LogP contribution in [0, 0.1) is 5.92 Å². The van der Waals surface area contributed by atoms with Crippen molar-refractivity contribution in [1.29, 1.82) is 0 Å². The predicted octanol–water partition coefficient (Wildman–Crippen LogP) is 3.96. The summed E-state index contributed by atoms with van der Waals surface area (Å²) in [5.41, 5.74) is 2.30. The van der Waals surface area contributed by atoms with Gasteiger partial charge < -0.3 is 15.4 Å². The number of carbonyl (C=O) groups is 2. The van der Waals surface area contributed by atoms with Gasteiger partial charge in [-0.15, -0.1) is 0 Å². The molecule has 0 aromatic heterocycles. The molecule has 182 valence electrons. The first-order valence-electron chi connectivity index (χ1n) is 11.7. The Hall–Kier alpha value is -2.91. The molecule has 4 rings (SSSR count). The van der Waals surface area contributed by atoms with Gasteiger partial charge in [-0.3, -0.25) is 9.59 Å². The van der Waals surface area contributed by atoms with Crippen LogP contribution in [0.2, 0.25) is 0 Å². The number of nitrogens with one attached hydrogen (secondary N) is 2. The largest absolute Gasteiger partial charge is 0.478 e. The van der Waals surface area contributed by atoms with Crippen LogP contribution in [0.15, 0.2) is 47.4 Å². The average molecular weight is 486 g/mol. The minimum atomic E-state index is -3.76. The number of nitrogens with zero attached hydrogens (tertiary/aromatic N) is 1. The Morgan fingerprint density at radius 1 is 1.15 bits per heavy atom. The summed E-state index contributed by atoms with van der Waals surface area (Å²) in [4.78, 5) is 24.9. The number of amides is 2. The molecule has 2 N–H and O–H groups in total. The molecule has 8 nitrogen and oxygen atoms in total. The third kappa shape index (κ3) is 4.95. The molecule has 2 aromatic carbocycles. The van der Waals surface area contributed by atoms with Gasteiger partial charge in [0.25, 0.3) is 5.91 Å². The van der Waals surface area contributed by atoms with Crippen molar-refractivity contribution in [1.82, 2.24) is 4.31 Å². The van der Waals surface area contributed by atoms with Gasteiger partial charge in [0, 0.05) is 24.7 Å². The fraction of sp³-hybridized carbons (Fsp3) is 0.440. The van der Waals surface area contributed by atoms with Gasteiger partial charge in [-0.2, -0.15) is 4.31 Å². The molecule has 2 aliphatic rings. The lowest BCUT2D eigenvalue weighted by Crippen LogP contribution is -2.41. The standard InChI is InChI=1S/C25H31N3O5S/c1-4-22-25(30)27-21-15-20(9-10-23(21)33-22)34(31,32)28-13-11-18(12-14-28)24(29)26-19-7-5-17(6-8-19)16(2)3/h5-10,15-16,18,22H,4,11-14H2,1-3H3,(H,26,29)(H,27,30)/t22-/m0/s1.